The number of allylic oxidation sites excluding steroid dienone is 2. The fraction of sp³-hybridized carbons (Fsp3) is 0.500. The zero-order valence-corrected chi connectivity index (χ0v) is 16.6. The van der Waals surface area contributed by atoms with Crippen molar-refractivity contribution in [1.82, 2.24) is 0 Å². The van der Waals surface area contributed by atoms with Crippen LogP contribution >= 0.6 is 37.2 Å². The Hall–Kier alpha value is 2.12. The van der Waals surface area contributed by atoms with Crippen LogP contribution in [0.1, 0.15) is 27.7 Å². The summed E-state index contributed by atoms with van der Waals surface area (Å²) < 4.78 is 3.45. The number of halogens is 3. The second-order valence-electron chi connectivity index (χ2n) is 2.53. The van der Waals surface area contributed by atoms with Crippen LogP contribution in [0.3, 0.4) is 0 Å². The Bertz CT molecular complexity index is 202. The molecule has 13 heavy (non-hydrogen) atoms. The van der Waals surface area contributed by atoms with Gasteiger partial charge in [0.05, 0.1) is 0 Å². The van der Waals surface area contributed by atoms with Crippen molar-refractivity contribution in [2.24, 2.45) is 0 Å². The first-order valence-electron chi connectivity index (χ1n) is 3.20. The topological polar surface area (TPSA) is 0 Å². The smallest absolute Gasteiger partial charge is 0 e. The van der Waals surface area contributed by atoms with E-state index < -0.39 is 0 Å². The molecule has 0 nitrogen and oxygen atoms in total. The van der Waals surface area contributed by atoms with E-state index in [0.29, 0.717) is 0 Å². The van der Waals surface area contributed by atoms with Gasteiger partial charge in [-0.1, -0.05) is 0 Å². The molecular weight excluding hydrogens is 503 g/mol. The molecule has 1 aliphatic rings. The van der Waals surface area contributed by atoms with Crippen LogP contribution in [0.5, 0.6) is 0 Å². The molecule has 1 rings (SSSR count). The molecule has 0 atom stereocenters. The van der Waals surface area contributed by atoms with Crippen molar-refractivity contribution in [3.8, 4) is 0 Å². The van der Waals surface area contributed by atoms with Gasteiger partial charge in [-0.3, -0.25) is 0 Å². The number of hydrogen-bond acceptors (Lipinski definition) is 0. The van der Waals surface area contributed by atoms with Crippen molar-refractivity contribution in [3.63, 3.8) is 0 Å². The van der Waals surface area contributed by atoms with Gasteiger partial charge in [-0.2, -0.15) is 0 Å². The van der Waals surface area contributed by atoms with Gasteiger partial charge in [0.2, 0.25) is 0 Å². The molecular formula is C8H15BiCl3Zr-. The molecule has 0 saturated heterocycles. The zero-order valence-electron chi connectivity index (χ0n) is 8.17. The molecule has 0 aromatic carbocycles. The Morgan fingerprint density at radius 2 is 1.38 bits per heavy atom. The second-order valence-corrected chi connectivity index (χ2v) is 8.62. The van der Waals surface area contributed by atoms with Crippen molar-refractivity contribution in [2.75, 3.05) is 0 Å². The normalized spacial score (nSPS) is 13.2. The van der Waals surface area contributed by atoms with Crippen LogP contribution < -0.4 is 0 Å². The van der Waals surface area contributed by atoms with Crippen molar-refractivity contribution >= 4 is 63.2 Å². The largest absolute Gasteiger partial charge is 0.147 e. The maximum Gasteiger partial charge on any atom is 0 e. The van der Waals surface area contributed by atoms with Gasteiger partial charge in [-0.25, -0.2) is 0 Å². The summed E-state index contributed by atoms with van der Waals surface area (Å²) in [4.78, 5) is 0. The molecule has 5 heteroatoms. The van der Waals surface area contributed by atoms with Gasteiger partial charge in [0.15, 0.2) is 0 Å². The summed E-state index contributed by atoms with van der Waals surface area (Å²) in [6.07, 6.45) is 0. The third-order valence-corrected chi connectivity index (χ3v) is 7.20. The molecule has 0 saturated carbocycles. The molecule has 0 bridgehead atoms. The standard InChI is InChI=1S/C8H12.Bi.3ClH.Zr/c1-5-7(3)8(4)6-2;;;;;/h1-4H3;;3*1H;/q-1;;;;;. The Kier molecular flexibility index (Phi) is 19.9. The molecule has 0 aromatic heterocycles. The zero-order chi connectivity index (χ0) is 7.02. The molecule has 0 N–H and O–H groups in total. The third-order valence-electron chi connectivity index (χ3n) is 1.98. The summed E-state index contributed by atoms with van der Waals surface area (Å²) in [5.74, 6) is 0. The minimum absolute atomic E-state index is 0. The molecule has 0 radical (unpaired) electrons. The third kappa shape index (κ3) is 6.31. The van der Waals surface area contributed by atoms with E-state index in [-0.39, 0.29) is 86.2 Å². The first-order chi connectivity index (χ1) is 4.13. The average Bonchev–Trinajstić information content (AvgIpc) is 1.98. The van der Waals surface area contributed by atoms with E-state index in [0.717, 1.165) is 0 Å². The Morgan fingerprint density at radius 1 is 1.00 bits per heavy atom. The molecule has 0 amide bonds. The summed E-state index contributed by atoms with van der Waals surface area (Å²) in [6.45, 7) is 9.10. The van der Waals surface area contributed by atoms with Crippen LogP contribution in [0, 0.1) is 3.63 Å². The van der Waals surface area contributed by atoms with Crippen LogP contribution in [0.15, 0.2) is 11.1 Å². The van der Waals surface area contributed by atoms with Crippen molar-refractivity contribution in [2.45, 2.75) is 27.7 Å². The van der Waals surface area contributed by atoms with Gasteiger partial charge in [-0.15, -0.1) is 37.2 Å². The average molecular weight is 518 g/mol. The second kappa shape index (κ2) is 10.6. The molecule has 1 heterocycles. The van der Waals surface area contributed by atoms with E-state index in [1.165, 1.54) is 0 Å². The number of rotatable bonds is 0. The van der Waals surface area contributed by atoms with Gasteiger partial charge in [-0.05, 0) is 0 Å². The van der Waals surface area contributed by atoms with Crippen LogP contribution in [0.2, 0.25) is 0 Å². The van der Waals surface area contributed by atoms with Gasteiger partial charge in [0, 0.05) is 26.2 Å². The van der Waals surface area contributed by atoms with E-state index in [1.807, 2.05) is 0 Å². The molecule has 0 aliphatic carbocycles. The number of hydrogen-bond donors (Lipinski definition) is 0. The van der Waals surface area contributed by atoms with Gasteiger partial charge in [0.25, 0.3) is 0 Å². The SMILES string of the molecule is C[C]1=[Bi][C-](C)C(C)=C1C.Cl.Cl.Cl.[Zr]. The first-order valence-corrected chi connectivity index (χ1v) is 6.67. The molecule has 0 spiro atoms. The first kappa shape index (κ1) is 24.4. The van der Waals surface area contributed by atoms with Gasteiger partial charge < -0.3 is 0 Å². The predicted octanol–water partition coefficient (Wildman–Crippen LogP) is 3.05. The van der Waals surface area contributed by atoms with Crippen LogP contribution in [0.25, 0.3) is 0 Å². The Labute approximate surface area is 130 Å². The van der Waals surface area contributed by atoms with E-state index in [1.54, 1.807) is 18.0 Å². The fourth-order valence-corrected chi connectivity index (χ4v) is 5.53. The monoisotopic (exact) mass is 515 g/mol. The van der Waals surface area contributed by atoms with E-state index >= 15 is 0 Å². The maximum atomic E-state index is 2.30. The predicted molar refractivity (Wildman–Crippen MR) is 65.5 cm³/mol. The Balaban J connectivity index is -0.000000101. The summed E-state index contributed by atoms with van der Waals surface area (Å²) in [5.41, 5.74) is 3.17. The molecule has 1 aliphatic heterocycles. The molecule has 0 unspecified atom stereocenters. The summed E-state index contributed by atoms with van der Waals surface area (Å²) >= 11 is -0.289. The fourth-order valence-electron chi connectivity index (χ4n) is 0.962. The summed E-state index contributed by atoms with van der Waals surface area (Å²) in [5, 5.41) is 0. The van der Waals surface area contributed by atoms with Crippen molar-refractivity contribution in [3.05, 3.63) is 14.8 Å². The maximum absolute atomic E-state index is 2.30. The van der Waals surface area contributed by atoms with Gasteiger partial charge >= 0.3 is 68.4 Å². The Morgan fingerprint density at radius 3 is 1.46 bits per heavy atom. The molecule has 78 valence electrons. The van der Waals surface area contributed by atoms with Crippen LogP contribution in [-0.4, -0.2) is 26.0 Å². The minimum atomic E-state index is -0.289. The van der Waals surface area contributed by atoms with Crippen molar-refractivity contribution < 1.29 is 26.2 Å². The quantitative estimate of drug-likeness (QED) is 0.342. The summed E-state index contributed by atoms with van der Waals surface area (Å²) in [7, 11) is 0. The minimum Gasteiger partial charge on any atom is -0.147 e. The van der Waals surface area contributed by atoms with Crippen LogP contribution in [0.4, 0.5) is 0 Å². The van der Waals surface area contributed by atoms with E-state index in [9.17, 15) is 0 Å². The molecule has 0 fully saturated rings. The van der Waals surface area contributed by atoms with Gasteiger partial charge in [0.1, 0.15) is 0 Å². The summed E-state index contributed by atoms with van der Waals surface area (Å²) in [6, 6.07) is 0. The molecule has 0 aromatic rings. The van der Waals surface area contributed by atoms with Crippen LogP contribution in [-0.2, 0) is 26.2 Å². The van der Waals surface area contributed by atoms with E-state index in [4.69, 9.17) is 0 Å². The van der Waals surface area contributed by atoms with E-state index in [2.05, 4.69) is 27.7 Å². The van der Waals surface area contributed by atoms with Crippen molar-refractivity contribution in [1.29, 1.82) is 0 Å².